The predicted molar refractivity (Wildman–Crippen MR) is 112 cm³/mol. The number of carbonyl (C=O) groups is 1. The summed E-state index contributed by atoms with van der Waals surface area (Å²) in [4.78, 5) is 12.9. The van der Waals surface area contributed by atoms with E-state index in [1.807, 2.05) is 12.1 Å². The van der Waals surface area contributed by atoms with Crippen LogP contribution in [0.2, 0.25) is 0 Å². The molecule has 2 atom stereocenters. The number of benzene rings is 2. The zero-order valence-corrected chi connectivity index (χ0v) is 16.5. The van der Waals surface area contributed by atoms with Gasteiger partial charge in [-0.2, -0.15) is 0 Å². The lowest BCUT2D eigenvalue weighted by Crippen LogP contribution is -2.35. The summed E-state index contributed by atoms with van der Waals surface area (Å²) in [5.74, 6) is 0.473. The molecule has 1 aliphatic heterocycles. The molecule has 1 saturated carbocycles. The highest BCUT2D eigenvalue weighted by molar-refractivity contribution is 5.85. The summed E-state index contributed by atoms with van der Waals surface area (Å²) in [6.07, 6.45) is 5.26. The molecule has 27 heavy (non-hydrogen) atoms. The Kier molecular flexibility index (Phi) is 6.56. The second kappa shape index (κ2) is 8.90. The van der Waals surface area contributed by atoms with E-state index in [1.54, 1.807) is 0 Å². The van der Waals surface area contributed by atoms with Crippen LogP contribution in [0.5, 0.6) is 0 Å². The molecule has 1 aliphatic carbocycles. The second-order valence-corrected chi connectivity index (χ2v) is 7.87. The molecule has 2 unspecified atom stereocenters. The molecule has 1 amide bonds. The topological polar surface area (TPSA) is 41.1 Å². The minimum Gasteiger partial charge on any atom is -0.349 e. The van der Waals surface area contributed by atoms with Gasteiger partial charge in [0.05, 0.1) is 6.04 Å². The first-order chi connectivity index (χ1) is 12.8. The van der Waals surface area contributed by atoms with Crippen molar-refractivity contribution in [1.29, 1.82) is 0 Å². The summed E-state index contributed by atoms with van der Waals surface area (Å²) < 4.78 is 0. The third-order valence-corrected chi connectivity index (χ3v) is 6.19. The van der Waals surface area contributed by atoms with Gasteiger partial charge in [0.1, 0.15) is 0 Å². The van der Waals surface area contributed by atoms with E-state index in [0.29, 0.717) is 0 Å². The van der Waals surface area contributed by atoms with Gasteiger partial charge in [0.2, 0.25) is 5.91 Å². The predicted octanol–water partition coefficient (Wildman–Crippen LogP) is 4.29. The Morgan fingerprint density at radius 3 is 2.33 bits per heavy atom. The molecule has 1 spiro atoms. The molecule has 3 nitrogen and oxygen atoms in total. The number of rotatable bonds is 6. The SMILES string of the molecule is Cl.O=C(NC(CCc1ccccc1)c1ccccc1)C1CC12CCNCC2. The molecule has 4 heteroatoms. The molecule has 2 N–H and O–H groups in total. The second-order valence-electron chi connectivity index (χ2n) is 7.87. The largest absolute Gasteiger partial charge is 0.349 e. The van der Waals surface area contributed by atoms with Crippen molar-refractivity contribution in [2.45, 2.75) is 38.1 Å². The minimum atomic E-state index is 0. The molecule has 0 aromatic heterocycles. The van der Waals surface area contributed by atoms with Gasteiger partial charge in [-0.05, 0) is 61.7 Å². The molecular formula is C23H29ClN2O. The van der Waals surface area contributed by atoms with E-state index in [2.05, 4.69) is 59.2 Å². The fourth-order valence-electron chi connectivity index (χ4n) is 4.43. The molecule has 0 bridgehead atoms. The van der Waals surface area contributed by atoms with E-state index < -0.39 is 0 Å². The van der Waals surface area contributed by atoms with Gasteiger partial charge in [-0.3, -0.25) is 4.79 Å². The van der Waals surface area contributed by atoms with Crippen LogP contribution in [-0.2, 0) is 11.2 Å². The average molecular weight is 385 g/mol. The third-order valence-electron chi connectivity index (χ3n) is 6.19. The van der Waals surface area contributed by atoms with Crippen molar-refractivity contribution >= 4 is 18.3 Å². The van der Waals surface area contributed by atoms with Crippen molar-refractivity contribution in [1.82, 2.24) is 10.6 Å². The Labute approximate surface area is 168 Å². The van der Waals surface area contributed by atoms with Crippen LogP contribution < -0.4 is 10.6 Å². The van der Waals surface area contributed by atoms with E-state index in [9.17, 15) is 4.79 Å². The number of aryl methyl sites for hydroxylation is 1. The maximum absolute atomic E-state index is 12.9. The Hall–Kier alpha value is -1.84. The van der Waals surface area contributed by atoms with E-state index in [1.165, 1.54) is 11.1 Å². The van der Waals surface area contributed by atoms with Crippen molar-refractivity contribution in [2.24, 2.45) is 11.3 Å². The first-order valence-corrected chi connectivity index (χ1v) is 9.87. The molecule has 4 rings (SSSR count). The number of nitrogens with one attached hydrogen (secondary N) is 2. The maximum atomic E-state index is 12.9. The van der Waals surface area contributed by atoms with Crippen molar-refractivity contribution in [2.75, 3.05) is 13.1 Å². The van der Waals surface area contributed by atoms with Gasteiger partial charge >= 0.3 is 0 Å². The van der Waals surface area contributed by atoms with E-state index in [0.717, 1.165) is 45.2 Å². The maximum Gasteiger partial charge on any atom is 0.224 e. The monoisotopic (exact) mass is 384 g/mol. The normalized spacial score (nSPS) is 21.1. The summed E-state index contributed by atoms with van der Waals surface area (Å²) in [6, 6.07) is 21.0. The molecule has 2 aromatic carbocycles. The van der Waals surface area contributed by atoms with Crippen molar-refractivity contribution < 1.29 is 4.79 Å². The average Bonchev–Trinajstić information content (AvgIpc) is 3.40. The number of piperidine rings is 1. The van der Waals surface area contributed by atoms with Crippen LogP contribution in [-0.4, -0.2) is 19.0 Å². The van der Waals surface area contributed by atoms with Gasteiger partial charge in [-0.15, -0.1) is 12.4 Å². The Balaban J connectivity index is 0.00000210. The van der Waals surface area contributed by atoms with Gasteiger partial charge in [-0.25, -0.2) is 0 Å². The summed E-state index contributed by atoms with van der Waals surface area (Å²) in [5.41, 5.74) is 2.82. The number of amides is 1. The van der Waals surface area contributed by atoms with Gasteiger partial charge in [-0.1, -0.05) is 60.7 Å². The van der Waals surface area contributed by atoms with Crippen LogP contribution in [0.4, 0.5) is 0 Å². The van der Waals surface area contributed by atoms with Crippen LogP contribution >= 0.6 is 12.4 Å². The number of hydrogen-bond acceptors (Lipinski definition) is 2. The van der Waals surface area contributed by atoms with Gasteiger partial charge < -0.3 is 10.6 Å². The fourth-order valence-corrected chi connectivity index (χ4v) is 4.43. The summed E-state index contributed by atoms with van der Waals surface area (Å²) in [5, 5.41) is 6.79. The number of halogens is 1. The smallest absolute Gasteiger partial charge is 0.224 e. The highest BCUT2D eigenvalue weighted by Crippen LogP contribution is 2.58. The molecule has 0 radical (unpaired) electrons. The quantitative estimate of drug-likeness (QED) is 0.780. The van der Waals surface area contributed by atoms with Crippen LogP contribution in [0, 0.1) is 11.3 Å². The molecule has 2 aromatic rings. The van der Waals surface area contributed by atoms with Gasteiger partial charge in [0, 0.05) is 5.92 Å². The molecule has 1 saturated heterocycles. The first-order valence-electron chi connectivity index (χ1n) is 9.87. The summed E-state index contributed by atoms with van der Waals surface area (Å²) in [6.45, 7) is 2.11. The number of hydrogen-bond donors (Lipinski definition) is 2. The molecule has 2 fully saturated rings. The highest BCUT2D eigenvalue weighted by atomic mass is 35.5. The van der Waals surface area contributed by atoms with Gasteiger partial charge in [0.15, 0.2) is 0 Å². The lowest BCUT2D eigenvalue weighted by molar-refractivity contribution is -0.124. The Morgan fingerprint density at radius 1 is 1.04 bits per heavy atom. The minimum absolute atomic E-state index is 0. The number of carbonyl (C=O) groups excluding carboxylic acids is 1. The molecule has 2 aliphatic rings. The fraction of sp³-hybridized carbons (Fsp3) is 0.435. The van der Waals surface area contributed by atoms with Crippen LogP contribution in [0.3, 0.4) is 0 Å². The Bertz CT molecular complexity index is 729. The lowest BCUT2D eigenvalue weighted by Gasteiger charge is -2.24. The zero-order valence-electron chi connectivity index (χ0n) is 15.7. The van der Waals surface area contributed by atoms with Crippen LogP contribution in [0.1, 0.15) is 42.9 Å². The Morgan fingerprint density at radius 2 is 1.67 bits per heavy atom. The summed E-state index contributed by atoms with van der Waals surface area (Å²) >= 11 is 0. The van der Waals surface area contributed by atoms with Crippen molar-refractivity contribution in [3.8, 4) is 0 Å². The lowest BCUT2D eigenvalue weighted by atomic mass is 9.91. The summed E-state index contributed by atoms with van der Waals surface area (Å²) in [7, 11) is 0. The van der Waals surface area contributed by atoms with Crippen LogP contribution in [0.25, 0.3) is 0 Å². The molecule has 144 valence electrons. The van der Waals surface area contributed by atoms with Gasteiger partial charge in [0.25, 0.3) is 0 Å². The zero-order chi connectivity index (χ0) is 17.8. The molecule has 1 heterocycles. The van der Waals surface area contributed by atoms with Crippen molar-refractivity contribution in [3.63, 3.8) is 0 Å². The van der Waals surface area contributed by atoms with Crippen LogP contribution in [0.15, 0.2) is 60.7 Å². The standard InChI is InChI=1S/C23H28N2O.ClH/c26-22(20-17-23(20)13-15-24-16-14-23)25-21(19-9-5-2-6-10-19)12-11-18-7-3-1-4-8-18;/h1-10,20-21,24H,11-17H2,(H,25,26);1H. The first kappa shape index (κ1) is 19.9. The highest BCUT2D eigenvalue weighted by Gasteiger charge is 2.57. The molecular weight excluding hydrogens is 356 g/mol. The third kappa shape index (κ3) is 4.72. The van der Waals surface area contributed by atoms with E-state index >= 15 is 0 Å². The van der Waals surface area contributed by atoms with E-state index in [4.69, 9.17) is 0 Å². The van der Waals surface area contributed by atoms with E-state index in [-0.39, 0.29) is 35.7 Å². The van der Waals surface area contributed by atoms with Crippen molar-refractivity contribution in [3.05, 3.63) is 71.8 Å².